The largest absolute Gasteiger partial charge is 0.379 e. The zero-order valence-corrected chi connectivity index (χ0v) is 23.8. The summed E-state index contributed by atoms with van der Waals surface area (Å²) in [6.07, 6.45) is 0. The minimum absolute atomic E-state index is 0.163. The molecule has 1 amide bonds. The number of thiazole rings is 1. The van der Waals surface area contributed by atoms with Gasteiger partial charge in [0.1, 0.15) is 10.7 Å². The van der Waals surface area contributed by atoms with Gasteiger partial charge in [0.15, 0.2) is 11.0 Å². The first-order valence-electron chi connectivity index (χ1n) is 12.1. The predicted molar refractivity (Wildman–Crippen MR) is 153 cm³/mol. The third-order valence-electron chi connectivity index (χ3n) is 6.09. The van der Waals surface area contributed by atoms with Crippen LogP contribution in [0.15, 0.2) is 53.0 Å². The Labute approximate surface area is 239 Å². The molecular weight excluding hydrogens is 563 g/mol. The molecule has 8 nitrogen and oxygen atoms in total. The van der Waals surface area contributed by atoms with Gasteiger partial charge in [-0.1, -0.05) is 53.2 Å². The molecule has 4 aromatic rings. The van der Waals surface area contributed by atoms with Crippen LogP contribution in [0.2, 0.25) is 10.0 Å². The van der Waals surface area contributed by atoms with Gasteiger partial charge in [0.2, 0.25) is 0 Å². The van der Waals surface area contributed by atoms with Gasteiger partial charge in [-0.3, -0.25) is 14.3 Å². The fraction of sp³-hybridized carbons (Fsp3) is 0.308. The van der Waals surface area contributed by atoms with E-state index in [1.165, 1.54) is 23.1 Å². The van der Waals surface area contributed by atoms with E-state index in [1.54, 1.807) is 5.38 Å². The summed E-state index contributed by atoms with van der Waals surface area (Å²) in [6.45, 7) is 6.66. The number of amides is 1. The van der Waals surface area contributed by atoms with Crippen molar-refractivity contribution in [2.45, 2.75) is 17.8 Å². The lowest BCUT2D eigenvalue weighted by molar-refractivity contribution is 0.0383. The number of ether oxygens (including phenoxy) is 1. The summed E-state index contributed by atoms with van der Waals surface area (Å²) in [5, 5.41) is 16.4. The van der Waals surface area contributed by atoms with E-state index in [-0.39, 0.29) is 5.91 Å². The van der Waals surface area contributed by atoms with Crippen LogP contribution in [-0.4, -0.2) is 69.9 Å². The average molecular weight is 590 g/mol. The molecule has 38 heavy (non-hydrogen) atoms. The Morgan fingerprint density at radius 1 is 1.16 bits per heavy atom. The number of morpholine rings is 1. The number of benzene rings is 2. The van der Waals surface area contributed by atoms with Gasteiger partial charge >= 0.3 is 0 Å². The van der Waals surface area contributed by atoms with Crippen molar-refractivity contribution in [3.63, 3.8) is 0 Å². The minimum atomic E-state index is -0.163. The molecule has 1 aliphatic heterocycles. The van der Waals surface area contributed by atoms with E-state index in [1.807, 2.05) is 54.0 Å². The van der Waals surface area contributed by atoms with Crippen LogP contribution >= 0.6 is 46.3 Å². The predicted octanol–water partition coefficient (Wildman–Crippen LogP) is 5.36. The summed E-state index contributed by atoms with van der Waals surface area (Å²) >= 11 is 15.8. The van der Waals surface area contributed by atoms with E-state index in [0.29, 0.717) is 39.0 Å². The van der Waals surface area contributed by atoms with Crippen LogP contribution in [0.1, 0.15) is 21.1 Å². The summed E-state index contributed by atoms with van der Waals surface area (Å²) in [5.74, 6) is 0.999. The highest BCUT2D eigenvalue weighted by Gasteiger charge is 2.20. The van der Waals surface area contributed by atoms with Crippen molar-refractivity contribution in [3.8, 4) is 17.1 Å². The number of carbonyl (C=O) groups is 1. The second-order valence-electron chi connectivity index (χ2n) is 8.68. The van der Waals surface area contributed by atoms with Gasteiger partial charge in [0.05, 0.1) is 29.7 Å². The van der Waals surface area contributed by atoms with Gasteiger partial charge < -0.3 is 10.1 Å². The van der Waals surface area contributed by atoms with Gasteiger partial charge in [0.25, 0.3) is 5.91 Å². The topological polar surface area (TPSA) is 85.2 Å². The van der Waals surface area contributed by atoms with Crippen LogP contribution in [0.3, 0.4) is 0 Å². The number of carbonyl (C=O) groups excluding carboxylic acids is 1. The highest BCUT2D eigenvalue weighted by molar-refractivity contribution is 7.98. The Hall–Kier alpha value is -2.47. The van der Waals surface area contributed by atoms with Crippen LogP contribution < -0.4 is 5.32 Å². The molecule has 1 fully saturated rings. The molecule has 12 heteroatoms. The van der Waals surface area contributed by atoms with Crippen molar-refractivity contribution in [3.05, 3.63) is 74.2 Å². The molecule has 0 saturated carbocycles. The number of aryl methyl sites for hydroxylation is 1. The molecule has 0 spiro atoms. The van der Waals surface area contributed by atoms with E-state index >= 15 is 0 Å². The minimum Gasteiger partial charge on any atom is -0.379 e. The summed E-state index contributed by atoms with van der Waals surface area (Å²) in [7, 11) is 0. The smallest absolute Gasteiger partial charge is 0.270 e. The zero-order chi connectivity index (χ0) is 26.5. The lowest BCUT2D eigenvalue weighted by Crippen LogP contribution is -2.41. The van der Waals surface area contributed by atoms with E-state index in [0.717, 1.165) is 54.7 Å². The number of nitrogens with one attached hydrogen (secondary N) is 1. The van der Waals surface area contributed by atoms with Gasteiger partial charge in [0, 0.05) is 42.1 Å². The van der Waals surface area contributed by atoms with Crippen molar-refractivity contribution in [1.29, 1.82) is 0 Å². The molecule has 0 atom stereocenters. The maximum absolute atomic E-state index is 12.6. The molecule has 0 radical (unpaired) electrons. The summed E-state index contributed by atoms with van der Waals surface area (Å²) in [6, 6.07) is 13.3. The molecule has 1 saturated heterocycles. The molecule has 1 aliphatic rings. The molecule has 2 aromatic carbocycles. The summed E-state index contributed by atoms with van der Waals surface area (Å²) in [4.78, 5) is 19.4. The number of hydrogen-bond acceptors (Lipinski definition) is 8. The Balaban J connectivity index is 1.31. The Morgan fingerprint density at radius 3 is 2.79 bits per heavy atom. The van der Waals surface area contributed by atoms with Crippen molar-refractivity contribution in [2.75, 3.05) is 39.4 Å². The van der Waals surface area contributed by atoms with E-state index in [4.69, 9.17) is 27.9 Å². The van der Waals surface area contributed by atoms with Crippen LogP contribution in [0.25, 0.3) is 17.1 Å². The first kappa shape index (κ1) is 27.1. The van der Waals surface area contributed by atoms with E-state index in [2.05, 4.69) is 25.4 Å². The van der Waals surface area contributed by atoms with Gasteiger partial charge in [-0.05, 0) is 36.8 Å². The standard InChI is InChI=1S/C26H26Cl2N6O2S2/c1-17-6-7-18(27)14-22(17)34-24(19-4-2-3-5-20(19)28)31-32-26(34)38-16-23-30-21(15-37-23)25(35)29-8-9-33-10-12-36-13-11-33/h2-7,14-15H,8-13,16H2,1H3,(H,29,35). The number of rotatable bonds is 9. The van der Waals surface area contributed by atoms with Crippen molar-refractivity contribution in [1.82, 2.24) is 30.0 Å². The lowest BCUT2D eigenvalue weighted by Gasteiger charge is -2.26. The Bertz CT molecular complexity index is 1420. The number of hydrogen-bond donors (Lipinski definition) is 1. The third-order valence-corrected chi connectivity index (χ3v) is 8.62. The van der Waals surface area contributed by atoms with Crippen molar-refractivity contribution < 1.29 is 9.53 Å². The van der Waals surface area contributed by atoms with Gasteiger partial charge in [-0.15, -0.1) is 21.5 Å². The quantitative estimate of drug-likeness (QED) is 0.263. The average Bonchev–Trinajstić information content (AvgIpc) is 3.57. The van der Waals surface area contributed by atoms with Crippen LogP contribution in [0.4, 0.5) is 0 Å². The molecule has 1 N–H and O–H groups in total. The molecule has 0 unspecified atom stereocenters. The fourth-order valence-electron chi connectivity index (χ4n) is 4.07. The van der Waals surface area contributed by atoms with Crippen LogP contribution in [0, 0.1) is 6.92 Å². The number of halogens is 2. The normalized spacial score (nSPS) is 14.1. The summed E-state index contributed by atoms with van der Waals surface area (Å²) < 4.78 is 7.34. The molecule has 0 aliphatic carbocycles. The Kier molecular flexibility index (Phi) is 8.98. The lowest BCUT2D eigenvalue weighted by atomic mass is 10.1. The SMILES string of the molecule is Cc1ccc(Cl)cc1-n1c(SCc2nc(C(=O)NCCN3CCOCC3)cs2)nnc1-c1ccccc1Cl. The highest BCUT2D eigenvalue weighted by atomic mass is 35.5. The summed E-state index contributed by atoms with van der Waals surface area (Å²) in [5.41, 5.74) is 3.10. The van der Waals surface area contributed by atoms with E-state index < -0.39 is 0 Å². The molecule has 0 bridgehead atoms. The van der Waals surface area contributed by atoms with Crippen LogP contribution in [0.5, 0.6) is 0 Å². The van der Waals surface area contributed by atoms with E-state index in [9.17, 15) is 4.79 Å². The molecule has 2 aromatic heterocycles. The first-order chi connectivity index (χ1) is 18.5. The molecule has 198 valence electrons. The van der Waals surface area contributed by atoms with Gasteiger partial charge in [-0.2, -0.15) is 0 Å². The highest BCUT2D eigenvalue weighted by Crippen LogP contribution is 2.35. The third kappa shape index (κ3) is 6.39. The second-order valence-corrected chi connectivity index (χ2v) is 11.4. The zero-order valence-electron chi connectivity index (χ0n) is 20.7. The van der Waals surface area contributed by atoms with Crippen LogP contribution in [-0.2, 0) is 10.5 Å². The molecule has 5 rings (SSSR count). The van der Waals surface area contributed by atoms with Crippen molar-refractivity contribution in [2.24, 2.45) is 0 Å². The number of aromatic nitrogens is 4. The number of nitrogens with zero attached hydrogens (tertiary/aromatic N) is 5. The molecular formula is C26H26Cl2N6O2S2. The monoisotopic (exact) mass is 588 g/mol. The number of thioether (sulfide) groups is 1. The fourth-order valence-corrected chi connectivity index (χ4v) is 6.20. The molecule has 3 heterocycles. The van der Waals surface area contributed by atoms with Gasteiger partial charge in [-0.25, -0.2) is 4.98 Å². The van der Waals surface area contributed by atoms with Crippen molar-refractivity contribution >= 4 is 52.2 Å². The Morgan fingerprint density at radius 2 is 1.97 bits per heavy atom. The first-order valence-corrected chi connectivity index (χ1v) is 14.7. The maximum Gasteiger partial charge on any atom is 0.270 e. The maximum atomic E-state index is 12.6. The second kappa shape index (κ2) is 12.6.